The second-order valence-corrected chi connectivity index (χ2v) is 4.47. The number of aliphatic hydroxyl groups is 2. The van der Waals surface area contributed by atoms with Gasteiger partial charge in [-0.25, -0.2) is 4.98 Å². The van der Waals surface area contributed by atoms with Crippen LogP contribution in [0.5, 0.6) is 0 Å². The van der Waals surface area contributed by atoms with Gasteiger partial charge in [0.15, 0.2) is 11.2 Å². The number of anilines is 1. The van der Waals surface area contributed by atoms with Crippen LogP contribution in [-0.2, 0) is 6.54 Å². The standard InChI is InChI=1S/C10H15N5O3/c1-10(18,4-16)2-3-15-5-12-6-7(15)13-9(11)14-8(6)17/h5,16,18H,2-4H2,1H3,(H3,11,13,14,17)/t10-/m1/s1. The Balaban J connectivity index is 2.33. The lowest BCUT2D eigenvalue weighted by atomic mass is 10.0. The number of aliphatic hydroxyl groups excluding tert-OH is 1. The van der Waals surface area contributed by atoms with Gasteiger partial charge in [-0.05, 0) is 13.3 Å². The summed E-state index contributed by atoms with van der Waals surface area (Å²) in [7, 11) is 0. The minimum atomic E-state index is -1.18. The van der Waals surface area contributed by atoms with E-state index in [4.69, 9.17) is 10.8 Å². The number of nitrogens with zero attached hydrogens (tertiary/aromatic N) is 3. The lowest BCUT2D eigenvalue weighted by molar-refractivity contribution is -0.00801. The van der Waals surface area contributed by atoms with E-state index in [-0.39, 0.29) is 18.1 Å². The van der Waals surface area contributed by atoms with Gasteiger partial charge in [-0.15, -0.1) is 0 Å². The molecule has 0 amide bonds. The summed E-state index contributed by atoms with van der Waals surface area (Å²) in [6, 6.07) is 0. The first kappa shape index (κ1) is 12.5. The molecule has 8 nitrogen and oxygen atoms in total. The van der Waals surface area contributed by atoms with E-state index in [1.54, 1.807) is 4.57 Å². The second-order valence-electron chi connectivity index (χ2n) is 4.47. The fraction of sp³-hybridized carbons (Fsp3) is 0.500. The Morgan fingerprint density at radius 3 is 3.00 bits per heavy atom. The Hall–Kier alpha value is -1.93. The van der Waals surface area contributed by atoms with Gasteiger partial charge in [0.25, 0.3) is 5.56 Å². The molecule has 0 unspecified atom stereocenters. The highest BCUT2D eigenvalue weighted by atomic mass is 16.3. The SMILES string of the molecule is C[C@](O)(CO)CCn1cnc2c(=O)[nH]c(N)nc21. The molecule has 0 aromatic carbocycles. The molecular formula is C10H15N5O3. The molecule has 0 saturated heterocycles. The molecule has 0 aliphatic rings. The molecule has 1 atom stereocenters. The highest BCUT2D eigenvalue weighted by Gasteiger charge is 2.19. The van der Waals surface area contributed by atoms with E-state index in [0.717, 1.165) is 0 Å². The van der Waals surface area contributed by atoms with Crippen molar-refractivity contribution in [3.05, 3.63) is 16.7 Å². The highest BCUT2D eigenvalue weighted by Crippen LogP contribution is 2.13. The molecule has 0 aliphatic heterocycles. The average Bonchev–Trinajstić information content (AvgIpc) is 2.70. The molecule has 18 heavy (non-hydrogen) atoms. The number of nitrogens with one attached hydrogen (secondary N) is 1. The third kappa shape index (κ3) is 2.34. The predicted octanol–water partition coefficient (Wildman–Crippen LogP) is -1.16. The quantitative estimate of drug-likeness (QED) is 0.543. The average molecular weight is 253 g/mol. The topological polar surface area (TPSA) is 130 Å². The maximum absolute atomic E-state index is 11.5. The number of rotatable bonds is 4. The van der Waals surface area contributed by atoms with Crippen LogP contribution in [0.15, 0.2) is 11.1 Å². The van der Waals surface area contributed by atoms with Gasteiger partial charge in [0.05, 0.1) is 18.5 Å². The van der Waals surface area contributed by atoms with Crippen LogP contribution in [0.3, 0.4) is 0 Å². The molecule has 0 spiro atoms. The van der Waals surface area contributed by atoms with Crippen LogP contribution in [0.25, 0.3) is 11.2 Å². The molecule has 0 fully saturated rings. The molecule has 2 rings (SSSR count). The van der Waals surface area contributed by atoms with Gasteiger partial charge < -0.3 is 20.5 Å². The van der Waals surface area contributed by atoms with Crippen molar-refractivity contribution in [2.45, 2.75) is 25.5 Å². The van der Waals surface area contributed by atoms with Crippen molar-refractivity contribution in [3.63, 3.8) is 0 Å². The number of hydrogen-bond donors (Lipinski definition) is 4. The van der Waals surface area contributed by atoms with E-state index in [9.17, 15) is 9.90 Å². The smallest absolute Gasteiger partial charge is 0.280 e. The largest absolute Gasteiger partial charge is 0.393 e. The van der Waals surface area contributed by atoms with Crippen molar-refractivity contribution < 1.29 is 10.2 Å². The van der Waals surface area contributed by atoms with Crippen LogP contribution < -0.4 is 11.3 Å². The third-order valence-corrected chi connectivity index (χ3v) is 2.73. The summed E-state index contributed by atoms with van der Waals surface area (Å²) in [6.45, 7) is 1.57. The zero-order valence-corrected chi connectivity index (χ0v) is 9.92. The molecule has 2 aromatic rings. The number of H-pyrrole nitrogens is 1. The van der Waals surface area contributed by atoms with Crippen LogP contribution in [0.1, 0.15) is 13.3 Å². The molecule has 8 heteroatoms. The van der Waals surface area contributed by atoms with E-state index in [1.807, 2.05) is 0 Å². The van der Waals surface area contributed by atoms with Crippen LogP contribution in [-0.4, -0.2) is 41.9 Å². The van der Waals surface area contributed by atoms with Gasteiger partial charge in [0.1, 0.15) is 0 Å². The molecule has 98 valence electrons. The summed E-state index contributed by atoms with van der Waals surface area (Å²) in [5.41, 5.74) is 4.46. The van der Waals surface area contributed by atoms with E-state index in [0.29, 0.717) is 18.6 Å². The van der Waals surface area contributed by atoms with Crippen molar-refractivity contribution in [1.82, 2.24) is 19.5 Å². The van der Waals surface area contributed by atoms with E-state index in [2.05, 4.69) is 15.0 Å². The van der Waals surface area contributed by atoms with Crippen LogP contribution in [0.2, 0.25) is 0 Å². The molecule has 2 heterocycles. The van der Waals surface area contributed by atoms with Crippen LogP contribution in [0.4, 0.5) is 5.95 Å². The summed E-state index contributed by atoms with van der Waals surface area (Å²) in [4.78, 5) is 21.8. The molecule has 0 saturated carbocycles. The van der Waals surface area contributed by atoms with Crippen LogP contribution >= 0.6 is 0 Å². The van der Waals surface area contributed by atoms with Gasteiger partial charge in [-0.3, -0.25) is 9.78 Å². The number of hydrogen-bond acceptors (Lipinski definition) is 6. The zero-order chi connectivity index (χ0) is 13.3. The highest BCUT2D eigenvalue weighted by molar-refractivity contribution is 5.70. The minimum Gasteiger partial charge on any atom is -0.393 e. The normalized spacial score (nSPS) is 14.8. The molecule has 0 bridgehead atoms. The fourth-order valence-corrected chi connectivity index (χ4v) is 1.57. The van der Waals surface area contributed by atoms with Crippen molar-refractivity contribution in [1.29, 1.82) is 0 Å². The summed E-state index contributed by atoms with van der Waals surface area (Å²) in [6.07, 6.45) is 1.77. The number of nitrogen functional groups attached to an aromatic ring is 1. The number of fused-ring (bicyclic) bond motifs is 1. The third-order valence-electron chi connectivity index (χ3n) is 2.73. The van der Waals surface area contributed by atoms with Gasteiger partial charge >= 0.3 is 0 Å². The van der Waals surface area contributed by atoms with Gasteiger partial charge in [0, 0.05) is 6.54 Å². The maximum Gasteiger partial charge on any atom is 0.280 e. The zero-order valence-electron chi connectivity index (χ0n) is 9.92. The van der Waals surface area contributed by atoms with Crippen molar-refractivity contribution in [2.75, 3.05) is 12.3 Å². The molecule has 0 aliphatic carbocycles. The lowest BCUT2D eigenvalue weighted by Crippen LogP contribution is -2.30. The first-order valence-electron chi connectivity index (χ1n) is 5.47. The lowest BCUT2D eigenvalue weighted by Gasteiger charge is -2.20. The van der Waals surface area contributed by atoms with Crippen molar-refractivity contribution in [3.8, 4) is 0 Å². The van der Waals surface area contributed by atoms with Crippen molar-refractivity contribution in [2.24, 2.45) is 0 Å². The first-order chi connectivity index (χ1) is 8.43. The first-order valence-corrected chi connectivity index (χ1v) is 5.47. The van der Waals surface area contributed by atoms with Crippen molar-refractivity contribution >= 4 is 17.1 Å². The number of nitrogens with two attached hydrogens (primary N) is 1. The Morgan fingerprint density at radius 2 is 2.33 bits per heavy atom. The summed E-state index contributed by atoms with van der Waals surface area (Å²) in [5, 5.41) is 18.7. The number of aryl methyl sites for hydroxylation is 1. The van der Waals surface area contributed by atoms with Crippen LogP contribution in [0, 0.1) is 0 Å². The molecule has 5 N–H and O–H groups in total. The molecule has 0 radical (unpaired) electrons. The Kier molecular flexibility index (Phi) is 3.05. The van der Waals surface area contributed by atoms with E-state index < -0.39 is 11.2 Å². The predicted molar refractivity (Wildman–Crippen MR) is 64.9 cm³/mol. The summed E-state index contributed by atoms with van der Waals surface area (Å²) >= 11 is 0. The van der Waals surface area contributed by atoms with Gasteiger partial charge in [-0.1, -0.05) is 0 Å². The monoisotopic (exact) mass is 253 g/mol. The fourth-order valence-electron chi connectivity index (χ4n) is 1.57. The van der Waals surface area contributed by atoms with E-state index in [1.165, 1.54) is 13.3 Å². The maximum atomic E-state index is 11.5. The Labute approximate surface area is 102 Å². The number of aromatic amines is 1. The number of aromatic nitrogens is 4. The number of imidazole rings is 1. The second kappa shape index (κ2) is 4.39. The van der Waals surface area contributed by atoms with E-state index >= 15 is 0 Å². The molecular weight excluding hydrogens is 238 g/mol. The van der Waals surface area contributed by atoms with Gasteiger partial charge in [0.2, 0.25) is 5.95 Å². The summed E-state index contributed by atoms with van der Waals surface area (Å²) in [5.74, 6) is 0.0168. The Bertz CT molecular complexity index is 615. The minimum absolute atomic E-state index is 0.0168. The molecule has 2 aromatic heterocycles. The van der Waals surface area contributed by atoms with Gasteiger partial charge in [-0.2, -0.15) is 4.98 Å². The summed E-state index contributed by atoms with van der Waals surface area (Å²) < 4.78 is 1.62. The Morgan fingerprint density at radius 1 is 1.61 bits per heavy atom.